The Balaban J connectivity index is 1.59. The molecule has 0 bridgehead atoms. The van der Waals surface area contributed by atoms with Gasteiger partial charge in [0, 0.05) is 38.1 Å². The topological polar surface area (TPSA) is 28.2 Å². The molecule has 3 heteroatoms. The summed E-state index contributed by atoms with van der Waals surface area (Å²) in [6.45, 7) is 5.76. The van der Waals surface area contributed by atoms with E-state index in [1.165, 1.54) is 31.2 Å². The maximum absolute atomic E-state index is 4.06. The second kappa shape index (κ2) is 8.38. The molecule has 0 aromatic carbocycles. The van der Waals surface area contributed by atoms with Crippen molar-refractivity contribution in [1.82, 2.24) is 15.2 Å². The molecule has 1 aromatic heterocycles. The predicted octanol–water partition coefficient (Wildman–Crippen LogP) is 2.72. The van der Waals surface area contributed by atoms with E-state index in [2.05, 4.69) is 41.3 Å². The monoisotopic (exact) mass is 275 g/mol. The molecule has 1 heterocycles. The number of aromatic nitrogens is 1. The molecule has 0 aliphatic heterocycles. The molecule has 0 amide bonds. The van der Waals surface area contributed by atoms with E-state index in [-0.39, 0.29) is 0 Å². The lowest BCUT2D eigenvalue weighted by Crippen LogP contribution is -2.41. The van der Waals surface area contributed by atoms with Gasteiger partial charge < -0.3 is 10.2 Å². The van der Waals surface area contributed by atoms with Gasteiger partial charge in [-0.25, -0.2) is 0 Å². The predicted molar refractivity (Wildman–Crippen MR) is 84.9 cm³/mol. The molecule has 1 N–H and O–H groups in total. The van der Waals surface area contributed by atoms with Gasteiger partial charge in [0.1, 0.15) is 0 Å². The molecule has 2 rings (SSSR count). The zero-order valence-corrected chi connectivity index (χ0v) is 13.0. The molecule has 1 fully saturated rings. The van der Waals surface area contributed by atoms with Gasteiger partial charge in [-0.15, -0.1) is 0 Å². The summed E-state index contributed by atoms with van der Waals surface area (Å²) in [4.78, 5) is 6.47. The Kier molecular flexibility index (Phi) is 6.48. The van der Waals surface area contributed by atoms with Gasteiger partial charge in [0.2, 0.25) is 0 Å². The maximum Gasteiger partial charge on any atom is 0.0270 e. The van der Waals surface area contributed by atoms with Crippen molar-refractivity contribution in [3.63, 3.8) is 0 Å². The third kappa shape index (κ3) is 5.22. The fourth-order valence-corrected chi connectivity index (χ4v) is 3.04. The molecule has 1 aliphatic carbocycles. The summed E-state index contributed by atoms with van der Waals surface area (Å²) in [5.74, 6) is 0.853. The van der Waals surface area contributed by atoms with E-state index in [1.54, 1.807) is 0 Å². The van der Waals surface area contributed by atoms with Crippen LogP contribution in [-0.4, -0.2) is 42.6 Å². The van der Waals surface area contributed by atoms with Gasteiger partial charge in [0.15, 0.2) is 0 Å². The molecule has 0 radical (unpaired) electrons. The van der Waals surface area contributed by atoms with Crippen LogP contribution in [0.1, 0.15) is 38.2 Å². The van der Waals surface area contributed by atoms with Crippen molar-refractivity contribution >= 4 is 0 Å². The van der Waals surface area contributed by atoms with Crippen LogP contribution in [0.2, 0.25) is 0 Å². The largest absolute Gasteiger partial charge is 0.312 e. The number of nitrogens with zero attached hydrogens (tertiary/aromatic N) is 2. The number of hydrogen-bond acceptors (Lipinski definition) is 3. The molecule has 112 valence electrons. The number of nitrogens with one attached hydrogen (secondary N) is 1. The van der Waals surface area contributed by atoms with Crippen molar-refractivity contribution in [2.45, 2.75) is 45.1 Å². The number of rotatable bonds is 7. The number of likely N-dealkylation sites (N-methyl/N-ethyl adjacent to an activating group) is 1. The third-order valence-electron chi connectivity index (χ3n) is 4.54. The van der Waals surface area contributed by atoms with E-state index >= 15 is 0 Å². The highest BCUT2D eigenvalue weighted by Gasteiger charge is 2.20. The minimum atomic E-state index is 0.748. The van der Waals surface area contributed by atoms with Crippen LogP contribution in [0.5, 0.6) is 0 Å². The highest BCUT2D eigenvalue weighted by Crippen LogP contribution is 2.23. The minimum Gasteiger partial charge on any atom is -0.312 e. The second-order valence-corrected chi connectivity index (χ2v) is 6.23. The van der Waals surface area contributed by atoms with Crippen molar-refractivity contribution in [2.75, 3.05) is 26.7 Å². The molecule has 0 saturated heterocycles. The Labute approximate surface area is 123 Å². The van der Waals surface area contributed by atoms with Crippen LogP contribution in [0.15, 0.2) is 24.5 Å². The summed E-state index contributed by atoms with van der Waals surface area (Å²) in [5, 5.41) is 3.75. The van der Waals surface area contributed by atoms with E-state index in [0.29, 0.717) is 0 Å². The van der Waals surface area contributed by atoms with E-state index in [9.17, 15) is 0 Å². The molecule has 1 aliphatic rings. The zero-order chi connectivity index (χ0) is 14.2. The average Bonchev–Trinajstić information content (AvgIpc) is 2.48. The summed E-state index contributed by atoms with van der Waals surface area (Å²) < 4.78 is 0. The van der Waals surface area contributed by atoms with Crippen molar-refractivity contribution in [2.24, 2.45) is 5.92 Å². The van der Waals surface area contributed by atoms with Gasteiger partial charge in [-0.05, 0) is 49.9 Å². The van der Waals surface area contributed by atoms with Crippen LogP contribution in [-0.2, 0) is 6.42 Å². The summed E-state index contributed by atoms with van der Waals surface area (Å²) in [6.07, 6.45) is 10.4. The normalized spacial score (nSPS) is 23.1. The lowest BCUT2D eigenvalue weighted by Gasteiger charge is -2.30. The van der Waals surface area contributed by atoms with Crippen LogP contribution in [0.25, 0.3) is 0 Å². The standard InChI is InChI=1S/C17H29N3/c1-15-5-3-4-6-17(15)19-12-14-20(2)13-9-16-7-10-18-11-8-16/h7-8,10-11,15,17,19H,3-6,9,12-14H2,1-2H3. The molecule has 2 unspecified atom stereocenters. The molecule has 1 aromatic rings. The Morgan fingerprint density at radius 1 is 1.20 bits per heavy atom. The van der Waals surface area contributed by atoms with Crippen LogP contribution >= 0.6 is 0 Å². The van der Waals surface area contributed by atoms with Crippen LogP contribution in [0, 0.1) is 5.92 Å². The first kappa shape index (κ1) is 15.5. The fraction of sp³-hybridized carbons (Fsp3) is 0.706. The van der Waals surface area contributed by atoms with Gasteiger partial charge in [-0.3, -0.25) is 4.98 Å². The van der Waals surface area contributed by atoms with Crippen molar-refractivity contribution in [1.29, 1.82) is 0 Å². The zero-order valence-electron chi connectivity index (χ0n) is 13.0. The van der Waals surface area contributed by atoms with Gasteiger partial charge in [0.25, 0.3) is 0 Å². The van der Waals surface area contributed by atoms with E-state index < -0.39 is 0 Å². The van der Waals surface area contributed by atoms with Crippen molar-refractivity contribution in [3.8, 4) is 0 Å². The molecule has 1 saturated carbocycles. The summed E-state index contributed by atoms with van der Waals surface area (Å²) in [5.41, 5.74) is 1.38. The molecule has 3 nitrogen and oxygen atoms in total. The van der Waals surface area contributed by atoms with Gasteiger partial charge >= 0.3 is 0 Å². The maximum atomic E-state index is 4.06. The summed E-state index contributed by atoms with van der Waals surface area (Å²) in [7, 11) is 2.22. The molecular weight excluding hydrogens is 246 g/mol. The molecular formula is C17H29N3. The van der Waals surface area contributed by atoms with E-state index in [1.807, 2.05) is 12.4 Å². The quantitative estimate of drug-likeness (QED) is 0.829. The summed E-state index contributed by atoms with van der Waals surface area (Å²) >= 11 is 0. The smallest absolute Gasteiger partial charge is 0.0270 e. The Morgan fingerprint density at radius 3 is 2.70 bits per heavy atom. The van der Waals surface area contributed by atoms with Gasteiger partial charge in [-0.1, -0.05) is 19.8 Å². The fourth-order valence-electron chi connectivity index (χ4n) is 3.04. The van der Waals surface area contributed by atoms with Crippen LogP contribution < -0.4 is 5.32 Å². The number of pyridine rings is 1. The molecule has 0 spiro atoms. The lowest BCUT2D eigenvalue weighted by atomic mass is 9.86. The average molecular weight is 275 g/mol. The van der Waals surface area contributed by atoms with Crippen molar-refractivity contribution in [3.05, 3.63) is 30.1 Å². The highest BCUT2D eigenvalue weighted by molar-refractivity contribution is 5.09. The highest BCUT2D eigenvalue weighted by atomic mass is 15.1. The summed E-state index contributed by atoms with van der Waals surface area (Å²) in [6, 6.07) is 4.96. The van der Waals surface area contributed by atoms with Gasteiger partial charge in [-0.2, -0.15) is 0 Å². The first-order valence-corrected chi connectivity index (χ1v) is 8.06. The first-order chi connectivity index (χ1) is 9.75. The minimum absolute atomic E-state index is 0.748. The Bertz CT molecular complexity index is 366. The molecule has 20 heavy (non-hydrogen) atoms. The third-order valence-corrected chi connectivity index (χ3v) is 4.54. The molecule has 2 atom stereocenters. The van der Waals surface area contributed by atoms with Crippen LogP contribution in [0.3, 0.4) is 0 Å². The lowest BCUT2D eigenvalue weighted by molar-refractivity contribution is 0.261. The van der Waals surface area contributed by atoms with Crippen molar-refractivity contribution < 1.29 is 0 Å². The second-order valence-electron chi connectivity index (χ2n) is 6.23. The van der Waals surface area contributed by atoms with E-state index in [0.717, 1.165) is 38.0 Å². The van der Waals surface area contributed by atoms with Crippen LogP contribution in [0.4, 0.5) is 0 Å². The van der Waals surface area contributed by atoms with Gasteiger partial charge in [0.05, 0.1) is 0 Å². The first-order valence-electron chi connectivity index (χ1n) is 8.06. The Morgan fingerprint density at radius 2 is 1.95 bits per heavy atom. The van der Waals surface area contributed by atoms with E-state index in [4.69, 9.17) is 0 Å². The SMILES string of the molecule is CC1CCCCC1NCCN(C)CCc1ccncc1. The number of hydrogen-bond donors (Lipinski definition) is 1. The Hall–Kier alpha value is -0.930.